The molecule has 0 aromatic heterocycles. The van der Waals surface area contributed by atoms with Crippen molar-refractivity contribution in [2.75, 3.05) is 6.61 Å². The standard InChI is InChI=1S/C27H32O2SeSi/c1-27(2,3)31(24-15-9-5-10-16-24,25-17-11-6-12-18-25)28-21-22-19-20-26(29-22)30-23-13-7-4-8-14-23/h4-18,22,26H,19-21H2,1-3H3/t22-,26?/m0/s1. The van der Waals surface area contributed by atoms with Gasteiger partial charge in [-0.2, -0.15) is 0 Å². The molecule has 0 saturated carbocycles. The molecule has 162 valence electrons. The molecule has 1 aliphatic heterocycles. The summed E-state index contributed by atoms with van der Waals surface area (Å²) in [5.74, 6) is 0. The van der Waals surface area contributed by atoms with Gasteiger partial charge in [-0.25, -0.2) is 0 Å². The molecule has 0 N–H and O–H groups in total. The first kappa shape index (κ1) is 22.5. The van der Waals surface area contributed by atoms with Gasteiger partial charge in [0.25, 0.3) is 0 Å². The Morgan fingerprint density at radius 1 is 0.806 bits per heavy atom. The van der Waals surface area contributed by atoms with Gasteiger partial charge < -0.3 is 0 Å². The minimum atomic E-state index is -2.49. The van der Waals surface area contributed by atoms with E-state index in [-0.39, 0.29) is 11.1 Å². The predicted octanol–water partition coefficient (Wildman–Crippen LogP) is 4.10. The van der Waals surface area contributed by atoms with Crippen LogP contribution in [0.15, 0.2) is 91.0 Å². The van der Waals surface area contributed by atoms with Gasteiger partial charge >= 0.3 is 195 Å². The number of rotatable bonds is 7. The maximum atomic E-state index is 7.07. The van der Waals surface area contributed by atoms with Crippen LogP contribution in [0.25, 0.3) is 0 Å². The first-order valence-corrected chi connectivity index (χ1v) is 14.9. The monoisotopic (exact) mass is 496 g/mol. The van der Waals surface area contributed by atoms with Gasteiger partial charge in [-0.1, -0.05) is 0 Å². The molecule has 31 heavy (non-hydrogen) atoms. The molecule has 1 saturated heterocycles. The average molecular weight is 496 g/mol. The van der Waals surface area contributed by atoms with Crippen molar-refractivity contribution >= 4 is 38.1 Å². The van der Waals surface area contributed by atoms with E-state index in [1.807, 2.05) is 0 Å². The van der Waals surface area contributed by atoms with Crippen LogP contribution in [0.2, 0.25) is 5.04 Å². The molecule has 4 heteroatoms. The molecule has 0 aliphatic carbocycles. The van der Waals surface area contributed by atoms with E-state index in [0.717, 1.165) is 12.8 Å². The SMILES string of the molecule is CC(C)(C)[Si](OC[C@@H]1CCC([Se]c2ccccc2)O1)(c1ccccc1)c1ccccc1. The second kappa shape index (κ2) is 9.85. The van der Waals surface area contributed by atoms with Gasteiger partial charge in [0.1, 0.15) is 0 Å². The van der Waals surface area contributed by atoms with Crippen molar-refractivity contribution in [2.24, 2.45) is 0 Å². The Bertz CT molecular complexity index is 902. The van der Waals surface area contributed by atoms with Crippen molar-refractivity contribution in [2.45, 2.75) is 49.8 Å². The summed E-state index contributed by atoms with van der Waals surface area (Å²) >= 11 is 0.355. The molecule has 1 fully saturated rings. The molecule has 1 aliphatic rings. The van der Waals surface area contributed by atoms with E-state index in [0.29, 0.717) is 26.6 Å². The first-order chi connectivity index (χ1) is 15.0. The van der Waals surface area contributed by atoms with Crippen LogP contribution in [0, 0.1) is 0 Å². The van der Waals surface area contributed by atoms with Crippen LogP contribution < -0.4 is 14.8 Å². The van der Waals surface area contributed by atoms with Gasteiger partial charge in [-0.3, -0.25) is 0 Å². The Hall–Kier alpha value is -1.68. The molecule has 3 aromatic rings. The normalized spacial score (nSPS) is 19.5. The van der Waals surface area contributed by atoms with E-state index < -0.39 is 8.32 Å². The van der Waals surface area contributed by atoms with Gasteiger partial charge in [0.05, 0.1) is 0 Å². The van der Waals surface area contributed by atoms with E-state index in [1.165, 1.54) is 14.8 Å². The van der Waals surface area contributed by atoms with Crippen LogP contribution in [-0.4, -0.2) is 41.0 Å². The van der Waals surface area contributed by atoms with Gasteiger partial charge in [-0.15, -0.1) is 0 Å². The molecule has 0 bridgehead atoms. The topological polar surface area (TPSA) is 18.5 Å². The molecule has 1 unspecified atom stereocenters. The fraction of sp³-hybridized carbons (Fsp3) is 0.333. The molecule has 0 amide bonds. The fourth-order valence-electron chi connectivity index (χ4n) is 4.51. The molecule has 2 atom stereocenters. The van der Waals surface area contributed by atoms with Crippen LogP contribution in [-0.2, 0) is 9.16 Å². The zero-order valence-electron chi connectivity index (χ0n) is 18.7. The second-order valence-electron chi connectivity index (χ2n) is 9.17. The Morgan fingerprint density at radius 3 is 1.84 bits per heavy atom. The molecule has 0 radical (unpaired) electrons. The number of hydrogen-bond donors (Lipinski definition) is 0. The Labute approximate surface area is 194 Å². The van der Waals surface area contributed by atoms with Crippen molar-refractivity contribution < 1.29 is 9.16 Å². The van der Waals surface area contributed by atoms with E-state index in [4.69, 9.17) is 9.16 Å². The summed E-state index contributed by atoms with van der Waals surface area (Å²) in [5, 5.41) is 3.01. The molecule has 3 aromatic carbocycles. The Balaban J connectivity index is 1.55. The minimum absolute atomic E-state index is 0.00168. The Kier molecular flexibility index (Phi) is 7.15. The molecular weight excluding hydrogens is 463 g/mol. The molecule has 2 nitrogen and oxygen atoms in total. The zero-order chi connectivity index (χ0) is 21.7. The van der Waals surface area contributed by atoms with Crippen LogP contribution >= 0.6 is 0 Å². The van der Waals surface area contributed by atoms with E-state index in [1.54, 1.807) is 0 Å². The molecule has 0 spiro atoms. The van der Waals surface area contributed by atoms with Crippen molar-refractivity contribution in [3.8, 4) is 0 Å². The molecule has 1 heterocycles. The predicted molar refractivity (Wildman–Crippen MR) is 133 cm³/mol. The second-order valence-corrected chi connectivity index (χ2v) is 16.1. The summed E-state index contributed by atoms with van der Waals surface area (Å²) in [6.45, 7) is 7.65. The fourth-order valence-corrected chi connectivity index (χ4v) is 11.4. The van der Waals surface area contributed by atoms with Crippen LogP contribution in [0.4, 0.5) is 0 Å². The quantitative estimate of drug-likeness (QED) is 0.460. The van der Waals surface area contributed by atoms with Gasteiger partial charge in [-0.05, 0) is 0 Å². The van der Waals surface area contributed by atoms with Crippen molar-refractivity contribution in [3.05, 3.63) is 91.0 Å². The molecular formula is C27H32O2SeSi. The van der Waals surface area contributed by atoms with Crippen LogP contribution in [0.3, 0.4) is 0 Å². The summed E-state index contributed by atoms with van der Waals surface area (Å²) in [6, 6.07) is 32.5. The average Bonchev–Trinajstić information content (AvgIpc) is 3.23. The van der Waals surface area contributed by atoms with Crippen molar-refractivity contribution in [1.82, 2.24) is 0 Å². The van der Waals surface area contributed by atoms with Crippen molar-refractivity contribution in [3.63, 3.8) is 0 Å². The first-order valence-electron chi connectivity index (χ1n) is 11.1. The van der Waals surface area contributed by atoms with Gasteiger partial charge in [0.2, 0.25) is 0 Å². The number of hydrogen-bond acceptors (Lipinski definition) is 2. The third kappa shape index (κ3) is 5.05. The third-order valence-electron chi connectivity index (χ3n) is 5.98. The Morgan fingerprint density at radius 2 is 1.32 bits per heavy atom. The summed E-state index contributed by atoms with van der Waals surface area (Å²) in [7, 11) is -2.49. The molecule has 4 rings (SSSR count). The summed E-state index contributed by atoms with van der Waals surface area (Å²) < 4.78 is 15.0. The van der Waals surface area contributed by atoms with Gasteiger partial charge in [0.15, 0.2) is 0 Å². The van der Waals surface area contributed by atoms with Crippen molar-refractivity contribution in [1.29, 1.82) is 0 Å². The summed E-state index contributed by atoms with van der Waals surface area (Å²) in [5.41, 5.74) is 0. The maximum absolute atomic E-state index is 7.07. The van der Waals surface area contributed by atoms with Crippen LogP contribution in [0.5, 0.6) is 0 Å². The van der Waals surface area contributed by atoms with Crippen LogP contribution in [0.1, 0.15) is 33.6 Å². The number of ether oxygens (including phenoxy) is 1. The zero-order valence-corrected chi connectivity index (χ0v) is 21.4. The van der Waals surface area contributed by atoms with E-state index in [9.17, 15) is 0 Å². The number of benzene rings is 3. The van der Waals surface area contributed by atoms with E-state index in [2.05, 4.69) is 112 Å². The van der Waals surface area contributed by atoms with E-state index >= 15 is 0 Å². The summed E-state index contributed by atoms with van der Waals surface area (Å²) in [6.07, 6.45) is 2.39. The third-order valence-corrected chi connectivity index (χ3v) is 13.4. The van der Waals surface area contributed by atoms with Gasteiger partial charge in [0, 0.05) is 0 Å². The summed E-state index contributed by atoms with van der Waals surface area (Å²) in [4.78, 5) is 0.